The number of rotatable bonds is 7. The Labute approximate surface area is 207 Å². The molecule has 0 aromatic heterocycles. The molecule has 34 heavy (non-hydrogen) atoms. The first kappa shape index (κ1) is 24.5. The third-order valence-electron chi connectivity index (χ3n) is 7.00. The number of carbonyl (C=O) groups is 1. The summed E-state index contributed by atoms with van der Waals surface area (Å²) in [5, 5.41) is 13.2. The normalized spacial score (nSPS) is 16.6. The van der Waals surface area contributed by atoms with Gasteiger partial charge >= 0.3 is 0 Å². The van der Waals surface area contributed by atoms with Crippen molar-refractivity contribution in [1.29, 1.82) is 0 Å². The summed E-state index contributed by atoms with van der Waals surface area (Å²) in [5.41, 5.74) is 0.0374. The van der Waals surface area contributed by atoms with E-state index in [1.54, 1.807) is 19.0 Å². The Balaban J connectivity index is 1.97. The second-order valence-corrected chi connectivity index (χ2v) is 9.82. The van der Waals surface area contributed by atoms with Crippen LogP contribution in [-0.4, -0.2) is 48.0 Å². The fourth-order valence-electron chi connectivity index (χ4n) is 5.27. The van der Waals surface area contributed by atoms with Gasteiger partial charge in [-0.05, 0) is 41.7 Å². The number of hydrogen-bond donors (Lipinski definition) is 1. The van der Waals surface area contributed by atoms with Gasteiger partial charge in [-0.1, -0.05) is 90.8 Å². The second kappa shape index (κ2) is 10.3. The molecule has 3 aromatic carbocycles. The summed E-state index contributed by atoms with van der Waals surface area (Å²) in [6, 6.07) is 27.1. The van der Waals surface area contributed by atoms with E-state index in [1.165, 1.54) is 0 Å². The summed E-state index contributed by atoms with van der Waals surface area (Å²) in [7, 11) is 3.57. The summed E-state index contributed by atoms with van der Waals surface area (Å²) >= 11 is 6.21. The van der Waals surface area contributed by atoms with E-state index in [2.05, 4.69) is 4.90 Å². The molecule has 0 radical (unpaired) electrons. The van der Waals surface area contributed by atoms with Gasteiger partial charge in [0.15, 0.2) is 0 Å². The highest BCUT2D eigenvalue weighted by Crippen LogP contribution is 2.46. The average Bonchev–Trinajstić information content (AvgIpc) is 2.88. The first-order valence-corrected chi connectivity index (χ1v) is 12.3. The van der Waals surface area contributed by atoms with E-state index in [9.17, 15) is 9.90 Å². The zero-order chi connectivity index (χ0) is 24.2. The molecule has 5 heteroatoms. The van der Waals surface area contributed by atoms with Gasteiger partial charge in [0.25, 0.3) is 0 Å². The average molecular weight is 477 g/mol. The Morgan fingerprint density at radius 3 is 1.79 bits per heavy atom. The molecule has 1 saturated heterocycles. The highest BCUT2D eigenvalue weighted by molar-refractivity contribution is 6.30. The van der Waals surface area contributed by atoms with Crippen LogP contribution in [0.5, 0.6) is 0 Å². The summed E-state index contributed by atoms with van der Waals surface area (Å²) in [6.07, 6.45) is 3.36. The van der Waals surface area contributed by atoms with Crippen LogP contribution in [0.1, 0.15) is 42.4 Å². The Bertz CT molecular complexity index is 1040. The number of halogens is 1. The van der Waals surface area contributed by atoms with Gasteiger partial charge in [0, 0.05) is 38.6 Å². The van der Waals surface area contributed by atoms with Crippen LogP contribution in [0, 0.1) is 0 Å². The number of likely N-dealkylation sites (tertiary alicyclic amines) is 1. The third kappa shape index (κ3) is 4.63. The van der Waals surface area contributed by atoms with E-state index in [1.807, 2.05) is 84.9 Å². The van der Waals surface area contributed by atoms with Crippen molar-refractivity contribution in [2.75, 3.05) is 27.2 Å². The second-order valence-electron chi connectivity index (χ2n) is 9.38. The maximum atomic E-state index is 14.2. The number of carbonyl (C=O) groups excluding carboxylic acids is 1. The summed E-state index contributed by atoms with van der Waals surface area (Å²) in [6.45, 7) is 1.55. The van der Waals surface area contributed by atoms with Crippen molar-refractivity contribution in [3.05, 3.63) is 107 Å². The van der Waals surface area contributed by atoms with Crippen LogP contribution in [0.4, 0.5) is 0 Å². The van der Waals surface area contributed by atoms with Crippen molar-refractivity contribution < 1.29 is 9.90 Å². The lowest BCUT2D eigenvalue weighted by molar-refractivity contribution is -0.154. The summed E-state index contributed by atoms with van der Waals surface area (Å²) in [5.74, 6) is -0.0608. The van der Waals surface area contributed by atoms with Gasteiger partial charge in [0.2, 0.25) is 5.91 Å². The molecule has 1 aliphatic heterocycles. The molecule has 0 saturated carbocycles. The first-order valence-electron chi connectivity index (χ1n) is 11.9. The van der Waals surface area contributed by atoms with E-state index in [4.69, 9.17) is 11.6 Å². The van der Waals surface area contributed by atoms with Crippen LogP contribution in [-0.2, 0) is 15.9 Å². The predicted octanol–water partition coefficient (Wildman–Crippen LogP) is 5.44. The molecule has 1 heterocycles. The van der Waals surface area contributed by atoms with Gasteiger partial charge in [-0.25, -0.2) is 0 Å². The van der Waals surface area contributed by atoms with Crippen molar-refractivity contribution >= 4 is 17.5 Å². The van der Waals surface area contributed by atoms with Crippen LogP contribution in [0.3, 0.4) is 0 Å². The van der Waals surface area contributed by atoms with Gasteiger partial charge < -0.3 is 10.0 Å². The smallest absolute Gasteiger partial charge is 0.237 e. The number of likely N-dealkylation sites (N-methyl/N-ethyl adjacent to an activating group) is 1. The molecule has 3 aromatic rings. The van der Waals surface area contributed by atoms with E-state index >= 15 is 0 Å². The quantitative estimate of drug-likeness (QED) is 0.494. The maximum Gasteiger partial charge on any atom is 0.237 e. The minimum atomic E-state index is -1.36. The van der Waals surface area contributed by atoms with Crippen molar-refractivity contribution in [3.8, 4) is 0 Å². The molecule has 4 nitrogen and oxygen atoms in total. The number of aliphatic hydroxyl groups is 1. The molecule has 1 N–H and O–H groups in total. The Kier molecular flexibility index (Phi) is 7.42. The molecule has 0 aliphatic carbocycles. The van der Waals surface area contributed by atoms with Crippen LogP contribution in [0.25, 0.3) is 0 Å². The topological polar surface area (TPSA) is 43.8 Å². The molecule has 1 amide bonds. The zero-order valence-corrected chi connectivity index (χ0v) is 20.7. The van der Waals surface area contributed by atoms with E-state index in [0.717, 1.165) is 49.0 Å². The standard InChI is InChI=1S/C29H33ClN2O2/c1-31(2)27(33)28(23-12-6-3-7-13-23,24-14-8-4-9-15-24)22-29(34,32-20-10-5-11-21-32)25-16-18-26(30)19-17-25/h3-4,6-9,12-19,34H,5,10-11,20-22H2,1-2H3. The molecule has 1 atom stereocenters. The van der Waals surface area contributed by atoms with Crippen molar-refractivity contribution in [2.24, 2.45) is 0 Å². The van der Waals surface area contributed by atoms with Crippen molar-refractivity contribution in [1.82, 2.24) is 9.80 Å². The van der Waals surface area contributed by atoms with Crippen molar-refractivity contribution in [3.63, 3.8) is 0 Å². The number of benzene rings is 3. The molecular formula is C29H33ClN2O2. The molecule has 0 spiro atoms. The molecule has 4 rings (SSSR count). The first-order chi connectivity index (χ1) is 16.4. The monoisotopic (exact) mass is 476 g/mol. The van der Waals surface area contributed by atoms with Crippen LogP contribution < -0.4 is 0 Å². The van der Waals surface area contributed by atoms with Crippen LogP contribution >= 0.6 is 11.6 Å². The minimum Gasteiger partial charge on any atom is -0.371 e. The lowest BCUT2D eigenvalue weighted by atomic mass is 9.67. The Morgan fingerprint density at radius 1 is 0.824 bits per heavy atom. The highest BCUT2D eigenvalue weighted by Gasteiger charge is 2.51. The third-order valence-corrected chi connectivity index (χ3v) is 7.25. The fraction of sp³-hybridized carbons (Fsp3) is 0.345. The van der Waals surface area contributed by atoms with Crippen molar-refractivity contribution in [2.45, 2.75) is 36.8 Å². The lowest BCUT2D eigenvalue weighted by Gasteiger charge is -2.48. The number of hydrogen-bond acceptors (Lipinski definition) is 3. The predicted molar refractivity (Wildman–Crippen MR) is 138 cm³/mol. The number of nitrogens with zero attached hydrogens (tertiary/aromatic N) is 2. The van der Waals surface area contributed by atoms with Gasteiger partial charge in [-0.3, -0.25) is 9.69 Å². The molecule has 1 fully saturated rings. The zero-order valence-electron chi connectivity index (χ0n) is 20.0. The summed E-state index contributed by atoms with van der Waals surface area (Å²) in [4.78, 5) is 18.0. The molecule has 0 bridgehead atoms. The molecular weight excluding hydrogens is 444 g/mol. The van der Waals surface area contributed by atoms with E-state index in [0.29, 0.717) is 5.02 Å². The number of piperidine rings is 1. The van der Waals surface area contributed by atoms with Gasteiger partial charge in [-0.2, -0.15) is 0 Å². The lowest BCUT2D eigenvalue weighted by Crippen LogP contribution is -2.56. The van der Waals surface area contributed by atoms with Gasteiger partial charge in [-0.15, -0.1) is 0 Å². The molecule has 1 unspecified atom stereocenters. The number of amides is 1. The summed E-state index contributed by atoms with van der Waals surface area (Å²) < 4.78 is 0. The Hall–Kier alpha value is -2.66. The largest absolute Gasteiger partial charge is 0.371 e. The van der Waals surface area contributed by atoms with Gasteiger partial charge in [0.05, 0.1) is 0 Å². The molecule has 1 aliphatic rings. The SMILES string of the molecule is CN(C)C(=O)C(CC(O)(c1ccc(Cl)cc1)N1CCCCC1)(c1ccccc1)c1ccccc1. The molecule has 178 valence electrons. The van der Waals surface area contributed by atoms with Crippen LogP contribution in [0.15, 0.2) is 84.9 Å². The fourth-order valence-corrected chi connectivity index (χ4v) is 5.39. The minimum absolute atomic E-state index is 0.0608. The maximum absolute atomic E-state index is 14.2. The van der Waals surface area contributed by atoms with E-state index < -0.39 is 11.1 Å². The van der Waals surface area contributed by atoms with Crippen LogP contribution in [0.2, 0.25) is 5.02 Å². The van der Waals surface area contributed by atoms with E-state index in [-0.39, 0.29) is 12.3 Å². The Morgan fingerprint density at radius 2 is 1.32 bits per heavy atom. The highest BCUT2D eigenvalue weighted by atomic mass is 35.5. The van der Waals surface area contributed by atoms with Gasteiger partial charge in [0.1, 0.15) is 11.1 Å².